The molecule has 0 aromatic carbocycles. The standard InChI is InChI=1S/C14H14N2O4/c1-8-6-11(17)13(19)14(20-8)10(7-12(15)18)9-2-4-16-5-3-9/h2-6,10,19H,7H2,1H3,(H2,15,18)/t10-/m0/s1. The van der Waals surface area contributed by atoms with Crippen LogP contribution in [0.1, 0.15) is 29.4 Å². The highest BCUT2D eigenvalue weighted by Crippen LogP contribution is 2.32. The van der Waals surface area contributed by atoms with E-state index in [1.165, 1.54) is 6.07 Å². The Morgan fingerprint density at radius 1 is 1.45 bits per heavy atom. The van der Waals surface area contributed by atoms with Crippen molar-refractivity contribution in [3.05, 3.63) is 57.9 Å². The number of rotatable bonds is 4. The van der Waals surface area contributed by atoms with Crippen LogP contribution in [0.2, 0.25) is 0 Å². The van der Waals surface area contributed by atoms with Crippen LogP contribution < -0.4 is 11.2 Å². The molecule has 0 saturated carbocycles. The normalized spacial score (nSPS) is 12.1. The molecule has 6 nitrogen and oxygen atoms in total. The quantitative estimate of drug-likeness (QED) is 0.866. The Balaban J connectivity index is 2.58. The van der Waals surface area contributed by atoms with Crippen LogP contribution >= 0.6 is 0 Å². The molecule has 0 fully saturated rings. The lowest BCUT2D eigenvalue weighted by Crippen LogP contribution is -2.17. The lowest BCUT2D eigenvalue weighted by molar-refractivity contribution is -0.118. The molecule has 104 valence electrons. The molecular formula is C14H14N2O4. The zero-order chi connectivity index (χ0) is 14.7. The molecule has 2 rings (SSSR count). The number of hydrogen-bond donors (Lipinski definition) is 2. The summed E-state index contributed by atoms with van der Waals surface area (Å²) in [6, 6.07) is 4.54. The molecule has 0 bridgehead atoms. The Morgan fingerprint density at radius 2 is 2.10 bits per heavy atom. The maximum atomic E-state index is 11.6. The summed E-state index contributed by atoms with van der Waals surface area (Å²) < 4.78 is 5.43. The van der Waals surface area contributed by atoms with Gasteiger partial charge in [0, 0.05) is 24.9 Å². The lowest BCUT2D eigenvalue weighted by Gasteiger charge is -2.16. The summed E-state index contributed by atoms with van der Waals surface area (Å²) in [5, 5.41) is 9.89. The lowest BCUT2D eigenvalue weighted by atomic mass is 9.93. The van der Waals surface area contributed by atoms with Gasteiger partial charge in [-0.2, -0.15) is 0 Å². The molecule has 1 atom stereocenters. The molecule has 2 heterocycles. The summed E-state index contributed by atoms with van der Waals surface area (Å²) >= 11 is 0. The van der Waals surface area contributed by atoms with E-state index in [-0.39, 0.29) is 12.2 Å². The molecule has 6 heteroatoms. The molecule has 20 heavy (non-hydrogen) atoms. The van der Waals surface area contributed by atoms with Crippen LogP contribution in [0.5, 0.6) is 5.75 Å². The number of primary amides is 1. The van der Waals surface area contributed by atoms with Crippen molar-refractivity contribution in [2.45, 2.75) is 19.3 Å². The number of carbonyl (C=O) groups excluding carboxylic acids is 1. The molecule has 0 aliphatic carbocycles. The molecule has 2 aromatic heterocycles. The summed E-state index contributed by atoms with van der Waals surface area (Å²) in [6.07, 6.45) is 3.02. The first-order chi connectivity index (χ1) is 9.49. The molecule has 0 unspecified atom stereocenters. The summed E-state index contributed by atoms with van der Waals surface area (Å²) in [4.78, 5) is 26.8. The Bertz CT molecular complexity index is 679. The van der Waals surface area contributed by atoms with Crippen LogP contribution in [0.15, 0.2) is 39.8 Å². The number of aromatic hydroxyl groups is 1. The largest absolute Gasteiger partial charge is 0.502 e. The van der Waals surface area contributed by atoms with Gasteiger partial charge in [0.05, 0.1) is 5.92 Å². The fourth-order valence-electron chi connectivity index (χ4n) is 2.02. The van der Waals surface area contributed by atoms with Crippen molar-refractivity contribution in [1.29, 1.82) is 0 Å². The minimum Gasteiger partial charge on any atom is -0.502 e. The number of hydrogen-bond acceptors (Lipinski definition) is 5. The van der Waals surface area contributed by atoms with Crippen LogP contribution in [0.4, 0.5) is 0 Å². The van der Waals surface area contributed by atoms with E-state index >= 15 is 0 Å². The first kappa shape index (κ1) is 13.8. The highest BCUT2D eigenvalue weighted by molar-refractivity contribution is 5.75. The highest BCUT2D eigenvalue weighted by atomic mass is 16.4. The minimum atomic E-state index is -0.622. The van der Waals surface area contributed by atoms with Crippen LogP contribution in [0.25, 0.3) is 0 Å². The number of aromatic nitrogens is 1. The first-order valence-electron chi connectivity index (χ1n) is 6.01. The van der Waals surface area contributed by atoms with Crippen molar-refractivity contribution in [3.63, 3.8) is 0 Å². The molecule has 3 N–H and O–H groups in total. The van der Waals surface area contributed by atoms with E-state index < -0.39 is 23.0 Å². The maximum Gasteiger partial charge on any atom is 0.227 e. The summed E-state index contributed by atoms with van der Waals surface area (Å²) in [6.45, 7) is 1.60. The van der Waals surface area contributed by atoms with Crippen molar-refractivity contribution in [1.82, 2.24) is 4.98 Å². The predicted molar refractivity (Wildman–Crippen MR) is 71.3 cm³/mol. The third-order valence-corrected chi connectivity index (χ3v) is 2.90. The monoisotopic (exact) mass is 274 g/mol. The number of carbonyl (C=O) groups is 1. The Labute approximate surface area is 114 Å². The van der Waals surface area contributed by atoms with Crippen LogP contribution in [-0.2, 0) is 4.79 Å². The van der Waals surface area contributed by atoms with Crippen molar-refractivity contribution < 1.29 is 14.3 Å². The smallest absolute Gasteiger partial charge is 0.227 e. The minimum absolute atomic E-state index is 0.0417. The average molecular weight is 274 g/mol. The Morgan fingerprint density at radius 3 is 2.70 bits per heavy atom. The second-order valence-corrected chi connectivity index (χ2v) is 4.44. The Hall–Kier alpha value is -2.63. The van der Waals surface area contributed by atoms with Crippen molar-refractivity contribution in [3.8, 4) is 5.75 Å². The second-order valence-electron chi connectivity index (χ2n) is 4.44. The van der Waals surface area contributed by atoms with Gasteiger partial charge < -0.3 is 15.3 Å². The van der Waals surface area contributed by atoms with Gasteiger partial charge in [0.25, 0.3) is 0 Å². The summed E-state index contributed by atoms with van der Waals surface area (Å²) in [7, 11) is 0. The van der Waals surface area contributed by atoms with Crippen LogP contribution in [0, 0.1) is 6.92 Å². The van der Waals surface area contributed by atoms with E-state index in [1.54, 1.807) is 31.5 Å². The van der Waals surface area contributed by atoms with Crippen LogP contribution in [0.3, 0.4) is 0 Å². The van der Waals surface area contributed by atoms with Gasteiger partial charge in [0.2, 0.25) is 17.1 Å². The predicted octanol–water partition coefficient (Wildman–Crippen LogP) is 1.06. The molecule has 2 aromatic rings. The van der Waals surface area contributed by atoms with E-state index in [0.717, 1.165) is 0 Å². The number of nitrogens with zero attached hydrogens (tertiary/aromatic N) is 1. The van der Waals surface area contributed by atoms with Gasteiger partial charge in [-0.05, 0) is 24.6 Å². The van der Waals surface area contributed by atoms with Crippen molar-refractivity contribution in [2.24, 2.45) is 5.73 Å². The SMILES string of the molecule is Cc1cc(=O)c(O)c([C@@H](CC(N)=O)c2ccncc2)o1. The highest BCUT2D eigenvalue weighted by Gasteiger charge is 2.24. The average Bonchev–Trinajstić information content (AvgIpc) is 2.41. The fourth-order valence-corrected chi connectivity index (χ4v) is 2.02. The number of pyridine rings is 1. The van der Waals surface area contributed by atoms with Crippen molar-refractivity contribution in [2.75, 3.05) is 0 Å². The molecular weight excluding hydrogens is 260 g/mol. The summed E-state index contributed by atoms with van der Waals surface area (Å²) in [5.41, 5.74) is 5.37. The molecule has 0 saturated heterocycles. The van der Waals surface area contributed by atoms with Crippen LogP contribution in [-0.4, -0.2) is 16.0 Å². The maximum absolute atomic E-state index is 11.6. The van der Waals surface area contributed by atoms with E-state index in [4.69, 9.17) is 10.2 Å². The molecule has 1 amide bonds. The molecule has 0 aliphatic heterocycles. The van der Waals surface area contributed by atoms with Gasteiger partial charge in [-0.1, -0.05) is 0 Å². The van der Waals surface area contributed by atoms with E-state index in [1.807, 2.05) is 0 Å². The van der Waals surface area contributed by atoms with Gasteiger partial charge >= 0.3 is 0 Å². The molecule has 0 radical (unpaired) electrons. The third kappa shape index (κ3) is 2.85. The number of nitrogens with two attached hydrogens (primary N) is 1. The molecule has 0 spiro atoms. The summed E-state index contributed by atoms with van der Waals surface area (Å²) in [5.74, 6) is -1.29. The van der Waals surface area contributed by atoms with Gasteiger partial charge in [-0.15, -0.1) is 0 Å². The number of aryl methyl sites for hydroxylation is 1. The van der Waals surface area contributed by atoms with Gasteiger partial charge in [0.1, 0.15) is 5.76 Å². The number of amides is 1. The first-order valence-corrected chi connectivity index (χ1v) is 6.01. The van der Waals surface area contributed by atoms with E-state index in [0.29, 0.717) is 11.3 Å². The van der Waals surface area contributed by atoms with E-state index in [9.17, 15) is 14.7 Å². The van der Waals surface area contributed by atoms with Crippen molar-refractivity contribution >= 4 is 5.91 Å². The van der Waals surface area contributed by atoms with Gasteiger partial charge in [0.15, 0.2) is 5.76 Å². The van der Waals surface area contributed by atoms with E-state index in [2.05, 4.69) is 4.98 Å². The molecule has 0 aliphatic rings. The fraction of sp³-hybridized carbons (Fsp3) is 0.214. The Kier molecular flexibility index (Phi) is 3.84. The van der Waals surface area contributed by atoms with Gasteiger partial charge in [-0.25, -0.2) is 0 Å². The third-order valence-electron chi connectivity index (χ3n) is 2.90. The topological polar surface area (TPSA) is 106 Å². The zero-order valence-corrected chi connectivity index (χ0v) is 10.9. The second kappa shape index (κ2) is 5.56. The van der Waals surface area contributed by atoms with Gasteiger partial charge in [-0.3, -0.25) is 14.6 Å². The zero-order valence-electron chi connectivity index (χ0n) is 10.9.